The second kappa shape index (κ2) is 7.37. The van der Waals surface area contributed by atoms with Crippen molar-refractivity contribution in [1.82, 2.24) is 19.5 Å². The van der Waals surface area contributed by atoms with Gasteiger partial charge in [-0.25, -0.2) is 23.2 Å². The minimum Gasteiger partial charge on any atom is -0.477 e. The van der Waals surface area contributed by atoms with Gasteiger partial charge in [0, 0.05) is 16.5 Å². The van der Waals surface area contributed by atoms with E-state index in [2.05, 4.69) is 15.0 Å². The second-order valence-electron chi connectivity index (χ2n) is 6.39. The van der Waals surface area contributed by atoms with E-state index in [-0.39, 0.29) is 16.6 Å². The van der Waals surface area contributed by atoms with Crippen molar-refractivity contribution in [2.75, 3.05) is 0 Å². The lowest BCUT2D eigenvalue weighted by Gasteiger charge is -2.10. The molecule has 2 aromatic heterocycles. The molecular weight excluding hydrogens is 412 g/mol. The first kappa shape index (κ1) is 19.2. The molecule has 0 aliphatic rings. The molecule has 4 aromatic rings. The average Bonchev–Trinajstić information content (AvgIpc) is 3.25. The molecule has 0 atom stereocenters. The van der Waals surface area contributed by atoms with Gasteiger partial charge in [-0.2, -0.15) is 0 Å². The highest BCUT2D eigenvalue weighted by Gasteiger charge is 2.24. The molecule has 0 aliphatic heterocycles. The summed E-state index contributed by atoms with van der Waals surface area (Å²) >= 11 is 0. The van der Waals surface area contributed by atoms with Gasteiger partial charge < -0.3 is 10.1 Å². The van der Waals surface area contributed by atoms with Crippen LogP contribution in [0.15, 0.2) is 59.9 Å². The summed E-state index contributed by atoms with van der Waals surface area (Å²) in [6, 6.07) is 14.3. The number of benzene rings is 2. The first-order valence-electron chi connectivity index (χ1n) is 8.56. The first-order chi connectivity index (χ1) is 13.8. The Kier molecular flexibility index (Phi) is 4.89. The number of fused-ring (bicyclic) bond motifs is 1. The number of carbonyl (C=O) groups is 1. The maximum Gasteiger partial charge on any atom is 0.354 e. The van der Waals surface area contributed by atoms with Gasteiger partial charge in [0.15, 0.2) is 10.9 Å². The fourth-order valence-electron chi connectivity index (χ4n) is 2.87. The van der Waals surface area contributed by atoms with Crippen LogP contribution in [0.3, 0.4) is 0 Å². The number of para-hydroxylation sites is 2. The third kappa shape index (κ3) is 4.03. The molecule has 8 nitrogen and oxygen atoms in total. The van der Waals surface area contributed by atoms with Crippen molar-refractivity contribution < 1.29 is 18.3 Å². The molecule has 29 heavy (non-hydrogen) atoms. The lowest BCUT2D eigenvalue weighted by Crippen LogP contribution is -2.09. The fourth-order valence-corrected chi connectivity index (χ4v) is 5.55. The van der Waals surface area contributed by atoms with Gasteiger partial charge in [0.25, 0.3) is 0 Å². The molecule has 148 valence electrons. The highest BCUT2D eigenvalue weighted by Crippen LogP contribution is 2.30. The quantitative estimate of drug-likeness (QED) is 0.452. The predicted octanol–water partition coefficient (Wildman–Crippen LogP) is 3.38. The minimum atomic E-state index is -3.74. The fraction of sp³-hybridized carbons (Fsp3) is 0.105. The van der Waals surface area contributed by atoms with Gasteiger partial charge in [0.2, 0.25) is 8.87 Å². The van der Waals surface area contributed by atoms with Gasteiger partial charge >= 0.3 is 5.97 Å². The third-order valence-electron chi connectivity index (χ3n) is 4.19. The van der Waals surface area contributed by atoms with Crippen LogP contribution in [-0.2, 0) is 14.6 Å². The van der Waals surface area contributed by atoms with Gasteiger partial charge in [-0.1, -0.05) is 29.8 Å². The van der Waals surface area contributed by atoms with Crippen molar-refractivity contribution in [2.45, 2.75) is 17.8 Å². The summed E-state index contributed by atoms with van der Waals surface area (Å²) in [5.74, 6) is -1.22. The van der Waals surface area contributed by atoms with Crippen LogP contribution in [0.4, 0.5) is 0 Å². The number of hydrogen-bond acceptors (Lipinski definition) is 6. The molecule has 2 N–H and O–H groups in total. The Balaban J connectivity index is 1.67. The Morgan fingerprint density at radius 3 is 2.59 bits per heavy atom. The van der Waals surface area contributed by atoms with Crippen molar-refractivity contribution in [3.05, 3.63) is 71.8 Å². The van der Waals surface area contributed by atoms with E-state index >= 15 is 0 Å². The number of imidazole rings is 2. The molecule has 0 aliphatic carbocycles. The average molecular weight is 428 g/mol. The molecule has 2 heterocycles. The highest BCUT2D eigenvalue weighted by molar-refractivity contribution is 8.71. The Morgan fingerprint density at radius 2 is 1.90 bits per heavy atom. The topological polar surface area (TPSA) is 118 Å². The van der Waals surface area contributed by atoms with E-state index in [0.717, 1.165) is 17.3 Å². The number of hydrogen-bond donors (Lipinski definition) is 2. The third-order valence-corrected chi connectivity index (χ3v) is 7.07. The molecule has 0 bridgehead atoms. The standard InChI is InChI=1S/C19H16N4O4S2/c1-12-6-8-13(9-7-12)23-16(18(24)25)10-20-19(23)28-29(26,27)11-17-21-14-4-2-3-5-15(14)22-17/h2-10H,11H2,1H3,(H,21,22)(H,24,25). The van der Waals surface area contributed by atoms with Crippen LogP contribution in [0.2, 0.25) is 0 Å². The molecule has 0 fully saturated rings. The maximum absolute atomic E-state index is 12.8. The number of aromatic amines is 1. The zero-order valence-corrected chi connectivity index (χ0v) is 16.9. The number of nitrogens with one attached hydrogen (secondary N) is 1. The molecule has 0 radical (unpaired) electrons. The van der Waals surface area contributed by atoms with Crippen LogP contribution in [0.1, 0.15) is 21.9 Å². The van der Waals surface area contributed by atoms with Crippen LogP contribution >= 0.6 is 10.8 Å². The van der Waals surface area contributed by atoms with E-state index in [1.54, 1.807) is 18.2 Å². The summed E-state index contributed by atoms with van der Waals surface area (Å²) in [7, 11) is -3.22. The number of nitrogens with zero attached hydrogens (tertiary/aromatic N) is 3. The van der Waals surface area contributed by atoms with E-state index < -0.39 is 14.8 Å². The SMILES string of the molecule is Cc1ccc(-n2c(C(=O)O)cnc2SS(=O)(=O)Cc2nc3ccccc3[nH]2)cc1. The normalized spacial score (nSPS) is 11.8. The van der Waals surface area contributed by atoms with Gasteiger partial charge in [-0.05, 0) is 31.2 Å². The van der Waals surface area contributed by atoms with Crippen molar-refractivity contribution >= 4 is 36.7 Å². The molecule has 10 heteroatoms. The van der Waals surface area contributed by atoms with Gasteiger partial charge in [-0.3, -0.25) is 4.57 Å². The first-order valence-corrected chi connectivity index (χ1v) is 11.5. The molecule has 0 spiro atoms. The van der Waals surface area contributed by atoms with Crippen molar-refractivity contribution in [3.63, 3.8) is 0 Å². The number of rotatable bonds is 6. The van der Waals surface area contributed by atoms with E-state index in [4.69, 9.17) is 0 Å². The molecule has 0 unspecified atom stereocenters. The van der Waals surface area contributed by atoms with Crippen LogP contribution in [-0.4, -0.2) is 39.0 Å². The zero-order valence-electron chi connectivity index (χ0n) is 15.2. The van der Waals surface area contributed by atoms with Gasteiger partial charge in [0.1, 0.15) is 11.6 Å². The number of aromatic nitrogens is 4. The lowest BCUT2D eigenvalue weighted by atomic mass is 10.2. The minimum absolute atomic E-state index is 0.0577. The summed E-state index contributed by atoms with van der Waals surface area (Å²) in [6.45, 7) is 1.91. The smallest absolute Gasteiger partial charge is 0.354 e. The van der Waals surface area contributed by atoms with E-state index in [1.165, 1.54) is 4.57 Å². The Labute approximate surface area is 169 Å². The second-order valence-corrected chi connectivity index (χ2v) is 10.3. The molecule has 2 aromatic carbocycles. The van der Waals surface area contributed by atoms with E-state index in [9.17, 15) is 18.3 Å². The number of carboxylic acid groups (broad SMARTS) is 1. The van der Waals surface area contributed by atoms with Gasteiger partial charge in [0.05, 0.1) is 17.2 Å². The molecule has 4 rings (SSSR count). The summed E-state index contributed by atoms with van der Waals surface area (Å²) in [5.41, 5.74) is 2.83. The summed E-state index contributed by atoms with van der Waals surface area (Å²) in [5, 5.41) is 9.53. The summed E-state index contributed by atoms with van der Waals surface area (Å²) in [4.78, 5) is 22.9. The van der Waals surface area contributed by atoms with E-state index in [1.807, 2.05) is 37.3 Å². The summed E-state index contributed by atoms with van der Waals surface area (Å²) in [6.07, 6.45) is 1.15. The van der Waals surface area contributed by atoms with Crippen LogP contribution in [0.5, 0.6) is 0 Å². The van der Waals surface area contributed by atoms with Crippen LogP contribution in [0, 0.1) is 6.92 Å². The molecule has 0 amide bonds. The number of H-pyrrole nitrogens is 1. The van der Waals surface area contributed by atoms with E-state index in [0.29, 0.717) is 27.8 Å². The van der Waals surface area contributed by atoms with Gasteiger partial charge in [-0.15, -0.1) is 0 Å². The maximum atomic E-state index is 12.8. The molecule has 0 saturated carbocycles. The highest BCUT2D eigenvalue weighted by atomic mass is 33.1. The summed E-state index contributed by atoms with van der Waals surface area (Å²) < 4.78 is 26.9. The Morgan fingerprint density at radius 1 is 1.17 bits per heavy atom. The van der Waals surface area contributed by atoms with Crippen LogP contribution < -0.4 is 0 Å². The number of carboxylic acids is 1. The lowest BCUT2D eigenvalue weighted by molar-refractivity contribution is 0.0687. The van der Waals surface area contributed by atoms with Crippen molar-refractivity contribution in [3.8, 4) is 5.69 Å². The largest absolute Gasteiger partial charge is 0.477 e. The molecule has 0 saturated heterocycles. The number of aryl methyl sites for hydroxylation is 1. The Hall–Kier alpha value is -3.11. The monoisotopic (exact) mass is 428 g/mol. The van der Waals surface area contributed by atoms with Crippen molar-refractivity contribution in [1.29, 1.82) is 0 Å². The zero-order chi connectivity index (χ0) is 20.6. The van der Waals surface area contributed by atoms with Crippen LogP contribution in [0.25, 0.3) is 16.7 Å². The predicted molar refractivity (Wildman–Crippen MR) is 110 cm³/mol. The molecular formula is C19H16N4O4S2. The Bertz CT molecular complexity index is 1270. The number of aromatic carboxylic acids is 1. The van der Waals surface area contributed by atoms with Crippen molar-refractivity contribution in [2.24, 2.45) is 0 Å².